The number of phosphoric acid groups is 1. The number of hydrogen-bond acceptors (Lipinski definition) is 7. The summed E-state index contributed by atoms with van der Waals surface area (Å²) < 4.78 is 30.2. The average Bonchev–Trinajstić information content (AvgIpc) is 3.36. The number of nitrogens with one attached hydrogen (secondary N) is 1. The number of amides is 1. The van der Waals surface area contributed by atoms with E-state index in [9.17, 15) is 19.0 Å². The van der Waals surface area contributed by atoms with Crippen LogP contribution in [-0.2, 0) is 27.9 Å². The first-order valence-corrected chi connectivity index (χ1v) is 31.5. The van der Waals surface area contributed by atoms with E-state index in [-0.39, 0.29) is 24.9 Å². The van der Waals surface area contributed by atoms with Gasteiger partial charge in [-0.1, -0.05) is 221 Å². The molecule has 0 aromatic carbocycles. The molecule has 74 heavy (non-hydrogen) atoms. The van der Waals surface area contributed by atoms with Gasteiger partial charge < -0.3 is 28.5 Å². The van der Waals surface area contributed by atoms with Crippen LogP contribution < -0.4 is 10.2 Å². The lowest BCUT2D eigenvalue weighted by molar-refractivity contribution is -0.870. The molecule has 3 atom stereocenters. The molecule has 3 unspecified atom stereocenters. The standard InChI is InChI=1S/C64H113N2O7P/c1-7-10-13-16-19-22-25-28-30-31-32-33-34-35-37-39-42-45-48-51-54-57-64(68)73-62(55-52-49-46-43-40-27-24-21-18-15-12-9-3)61(60-72-74(69,70)71-59-58-66(4,5)6)65-63(67)56-53-50-47-44-41-38-36-29-26-23-20-17-14-11-8-2/h10,13,19,22-23,26,28,30,32-33,35,37,42,45,52,55,61-62H,7-9,11-12,14-18,20-21,24-25,27,29,31,34,36,38-41,43-44,46-51,53-54,56-60H2,1-6H3,(H-,65,67,69,70)/b13-10-,22-19-,26-23-,30-28-,33-32-,37-35-,45-42-,55-52-. The Bertz CT molecular complexity index is 1590. The van der Waals surface area contributed by atoms with E-state index in [2.05, 4.69) is 111 Å². The van der Waals surface area contributed by atoms with Gasteiger partial charge >= 0.3 is 5.97 Å². The quantitative estimate of drug-likeness (QED) is 0.0212. The molecule has 0 saturated heterocycles. The fourth-order valence-corrected chi connectivity index (χ4v) is 8.83. The van der Waals surface area contributed by atoms with Gasteiger partial charge in [0.05, 0.1) is 33.8 Å². The zero-order chi connectivity index (χ0) is 54.3. The van der Waals surface area contributed by atoms with Gasteiger partial charge in [-0.05, 0) is 109 Å². The molecule has 0 fully saturated rings. The van der Waals surface area contributed by atoms with Crippen molar-refractivity contribution in [3.8, 4) is 0 Å². The average molecular weight is 1050 g/mol. The smallest absolute Gasteiger partial charge is 0.306 e. The van der Waals surface area contributed by atoms with Gasteiger partial charge in [0.25, 0.3) is 7.82 Å². The summed E-state index contributed by atoms with van der Waals surface area (Å²) in [6, 6.07) is -0.913. The summed E-state index contributed by atoms with van der Waals surface area (Å²) in [4.78, 5) is 39.9. The van der Waals surface area contributed by atoms with Crippen molar-refractivity contribution in [1.29, 1.82) is 0 Å². The second-order valence-corrected chi connectivity index (χ2v) is 22.5. The van der Waals surface area contributed by atoms with Gasteiger partial charge in [-0.25, -0.2) is 0 Å². The molecule has 9 nitrogen and oxygen atoms in total. The van der Waals surface area contributed by atoms with Crippen LogP contribution in [0.3, 0.4) is 0 Å². The Morgan fingerprint density at radius 3 is 1.34 bits per heavy atom. The van der Waals surface area contributed by atoms with Crippen molar-refractivity contribution < 1.29 is 37.3 Å². The molecule has 10 heteroatoms. The number of hydrogen-bond donors (Lipinski definition) is 1. The maximum atomic E-state index is 13.5. The highest BCUT2D eigenvalue weighted by atomic mass is 31.2. The van der Waals surface area contributed by atoms with Crippen LogP contribution in [0.15, 0.2) is 97.2 Å². The molecular weight excluding hydrogens is 940 g/mol. The van der Waals surface area contributed by atoms with E-state index in [1.807, 2.05) is 33.3 Å². The zero-order valence-electron chi connectivity index (χ0n) is 48.5. The molecule has 0 rings (SSSR count). The van der Waals surface area contributed by atoms with Crippen LogP contribution in [0.1, 0.15) is 245 Å². The maximum absolute atomic E-state index is 13.5. The predicted molar refractivity (Wildman–Crippen MR) is 316 cm³/mol. The van der Waals surface area contributed by atoms with Crippen LogP contribution in [0, 0.1) is 0 Å². The number of likely N-dealkylation sites (N-methyl/N-ethyl adjacent to an activating group) is 1. The van der Waals surface area contributed by atoms with Crippen LogP contribution in [0.4, 0.5) is 0 Å². The Kier molecular flexibility index (Phi) is 51.1. The first-order valence-electron chi connectivity index (χ1n) is 30.0. The van der Waals surface area contributed by atoms with Gasteiger partial charge in [-0.2, -0.15) is 0 Å². The number of carbonyl (C=O) groups is 2. The van der Waals surface area contributed by atoms with Crippen molar-refractivity contribution in [2.45, 2.75) is 258 Å². The molecule has 0 spiro atoms. The molecule has 0 aliphatic rings. The van der Waals surface area contributed by atoms with Crippen LogP contribution in [-0.4, -0.2) is 69.4 Å². The number of rotatable bonds is 53. The normalized spacial score (nSPS) is 14.4. The Morgan fingerprint density at radius 1 is 0.486 bits per heavy atom. The topological polar surface area (TPSA) is 114 Å². The second-order valence-electron chi connectivity index (χ2n) is 21.1. The fourth-order valence-electron chi connectivity index (χ4n) is 8.11. The first kappa shape index (κ1) is 70.9. The minimum atomic E-state index is -4.71. The molecule has 0 aromatic heterocycles. The number of carbonyl (C=O) groups excluding carboxylic acids is 2. The Labute approximate surface area is 456 Å². The first-order chi connectivity index (χ1) is 35.9. The molecule has 0 aliphatic carbocycles. The molecule has 0 aliphatic heterocycles. The lowest BCUT2D eigenvalue weighted by atomic mass is 10.0. The van der Waals surface area contributed by atoms with Crippen molar-refractivity contribution in [1.82, 2.24) is 5.32 Å². The number of ether oxygens (including phenoxy) is 1. The number of nitrogens with zero attached hydrogens (tertiary/aromatic N) is 1. The van der Waals surface area contributed by atoms with Crippen molar-refractivity contribution in [2.24, 2.45) is 0 Å². The highest BCUT2D eigenvalue weighted by molar-refractivity contribution is 7.45. The minimum absolute atomic E-state index is 0.0344. The molecule has 0 bridgehead atoms. The lowest BCUT2D eigenvalue weighted by Crippen LogP contribution is -2.47. The third-order valence-electron chi connectivity index (χ3n) is 12.7. The van der Waals surface area contributed by atoms with E-state index in [1.54, 1.807) is 0 Å². The van der Waals surface area contributed by atoms with E-state index in [0.717, 1.165) is 103 Å². The number of phosphoric ester groups is 1. The molecule has 426 valence electrons. The lowest BCUT2D eigenvalue weighted by Gasteiger charge is -2.30. The van der Waals surface area contributed by atoms with Crippen LogP contribution in [0.5, 0.6) is 0 Å². The van der Waals surface area contributed by atoms with Gasteiger partial charge in [0.15, 0.2) is 0 Å². The predicted octanol–water partition coefficient (Wildman–Crippen LogP) is 17.8. The van der Waals surface area contributed by atoms with Crippen LogP contribution >= 0.6 is 7.82 Å². The summed E-state index contributed by atoms with van der Waals surface area (Å²) in [5.74, 6) is -0.601. The zero-order valence-corrected chi connectivity index (χ0v) is 49.4. The van der Waals surface area contributed by atoms with Gasteiger partial charge in [0, 0.05) is 12.8 Å². The van der Waals surface area contributed by atoms with Crippen molar-refractivity contribution >= 4 is 19.7 Å². The van der Waals surface area contributed by atoms with Gasteiger partial charge in [-0.3, -0.25) is 14.2 Å². The van der Waals surface area contributed by atoms with Crippen molar-refractivity contribution in [3.63, 3.8) is 0 Å². The highest BCUT2D eigenvalue weighted by Crippen LogP contribution is 2.38. The van der Waals surface area contributed by atoms with E-state index in [4.69, 9.17) is 13.8 Å². The molecule has 0 heterocycles. The third-order valence-corrected chi connectivity index (χ3v) is 13.7. The van der Waals surface area contributed by atoms with Gasteiger partial charge in [-0.15, -0.1) is 0 Å². The second kappa shape index (κ2) is 53.3. The molecule has 1 N–H and O–H groups in total. The van der Waals surface area contributed by atoms with Crippen LogP contribution in [0.2, 0.25) is 0 Å². The summed E-state index contributed by atoms with van der Waals surface area (Å²) in [5.41, 5.74) is 0. The summed E-state index contributed by atoms with van der Waals surface area (Å²) in [6.07, 6.45) is 70.9. The van der Waals surface area contributed by atoms with Gasteiger partial charge in [0.1, 0.15) is 19.3 Å². The highest BCUT2D eigenvalue weighted by Gasteiger charge is 2.27. The summed E-state index contributed by atoms with van der Waals surface area (Å²) in [6.45, 7) is 6.67. The Morgan fingerprint density at radius 2 is 0.865 bits per heavy atom. The molecular formula is C64H113N2O7P. The Balaban J connectivity index is 5.38. The fraction of sp³-hybridized carbons (Fsp3) is 0.719. The van der Waals surface area contributed by atoms with E-state index in [1.165, 1.54) is 103 Å². The number of quaternary nitrogens is 1. The summed E-state index contributed by atoms with van der Waals surface area (Å²) in [5, 5.41) is 3.01. The van der Waals surface area contributed by atoms with Crippen molar-refractivity contribution in [3.05, 3.63) is 97.2 Å². The SMILES string of the molecule is CC/C=C\C/C=C\C/C=C\C/C=C\C/C=C\C/C=C\CCCCC(=O)OC(/C=C\CCCCCCCCCCCC)C(COP(=O)([O-])OCC[N+](C)(C)C)NC(=O)CCCCCCCCC/C=C\CCCCCC. The van der Waals surface area contributed by atoms with E-state index >= 15 is 0 Å². The number of unbranched alkanes of at least 4 members (excludes halogenated alkanes) is 23. The molecule has 0 saturated carbocycles. The number of allylic oxidation sites excluding steroid dienone is 15. The molecule has 0 radical (unpaired) electrons. The Hall–Kier alpha value is -3.07. The minimum Gasteiger partial charge on any atom is -0.756 e. The third kappa shape index (κ3) is 53.7. The molecule has 1 amide bonds. The summed E-state index contributed by atoms with van der Waals surface area (Å²) >= 11 is 0. The van der Waals surface area contributed by atoms with Gasteiger partial charge in [0.2, 0.25) is 5.91 Å². The largest absolute Gasteiger partial charge is 0.756 e. The monoisotopic (exact) mass is 1050 g/mol. The molecule has 0 aromatic rings. The van der Waals surface area contributed by atoms with E-state index in [0.29, 0.717) is 23.9 Å². The van der Waals surface area contributed by atoms with Crippen molar-refractivity contribution in [2.75, 3.05) is 40.9 Å². The van der Waals surface area contributed by atoms with Crippen LogP contribution in [0.25, 0.3) is 0 Å². The van der Waals surface area contributed by atoms with E-state index < -0.39 is 26.6 Å². The number of esters is 1. The summed E-state index contributed by atoms with van der Waals surface area (Å²) in [7, 11) is 1.15. The maximum Gasteiger partial charge on any atom is 0.306 e.